The van der Waals surface area contributed by atoms with Gasteiger partial charge in [-0.2, -0.15) is 0 Å². The number of likely N-dealkylation sites (tertiary alicyclic amines) is 1. The zero-order chi connectivity index (χ0) is 15.9. The van der Waals surface area contributed by atoms with Crippen LogP contribution in [0.15, 0.2) is 0 Å². The summed E-state index contributed by atoms with van der Waals surface area (Å²) in [4.78, 5) is 13.1. The van der Waals surface area contributed by atoms with E-state index in [0.29, 0.717) is 39.6 Å². The predicted molar refractivity (Wildman–Crippen MR) is 86.0 cm³/mol. The fraction of sp³-hybridized carbons (Fsp3) is 0.938. The molecule has 0 saturated carbocycles. The maximum atomic E-state index is 10.6. The number of carbonyl (C=O) groups is 1. The molecular weight excluding hydrogens is 284 g/mol. The Bertz CT molecular complexity index is 271. The monoisotopic (exact) mass is 316 g/mol. The van der Waals surface area contributed by atoms with Crippen molar-refractivity contribution in [1.29, 1.82) is 0 Å². The van der Waals surface area contributed by atoms with Crippen LogP contribution in [0.2, 0.25) is 0 Å². The Morgan fingerprint density at radius 3 is 2.05 bits per heavy atom. The minimum atomic E-state index is 0.00348. The van der Waals surface area contributed by atoms with Gasteiger partial charge in [-0.1, -0.05) is 0 Å². The van der Waals surface area contributed by atoms with Gasteiger partial charge in [-0.05, 0) is 38.8 Å². The Kier molecular flexibility index (Phi) is 12.3. The molecule has 130 valence electrons. The third kappa shape index (κ3) is 11.9. The van der Waals surface area contributed by atoms with Gasteiger partial charge in [0.05, 0.1) is 26.4 Å². The van der Waals surface area contributed by atoms with E-state index in [-0.39, 0.29) is 5.91 Å². The second-order valence-electron chi connectivity index (χ2n) is 5.58. The highest BCUT2D eigenvalue weighted by Gasteiger charge is 2.09. The SMILES string of the molecule is CC(=O)NCCCOCCOCCOCCCN1CCCC1. The first kappa shape index (κ1) is 19.4. The number of hydrogen-bond acceptors (Lipinski definition) is 5. The topological polar surface area (TPSA) is 60.0 Å². The van der Waals surface area contributed by atoms with Crippen LogP contribution >= 0.6 is 0 Å². The molecule has 1 aliphatic rings. The van der Waals surface area contributed by atoms with Crippen LogP contribution in [0, 0.1) is 0 Å². The van der Waals surface area contributed by atoms with Gasteiger partial charge >= 0.3 is 0 Å². The third-order valence-electron chi connectivity index (χ3n) is 3.55. The van der Waals surface area contributed by atoms with Crippen molar-refractivity contribution in [2.75, 3.05) is 65.8 Å². The van der Waals surface area contributed by atoms with E-state index < -0.39 is 0 Å². The average Bonchev–Trinajstić information content (AvgIpc) is 3.00. The summed E-state index contributed by atoms with van der Waals surface area (Å²) in [5.74, 6) is 0.00348. The van der Waals surface area contributed by atoms with Crippen LogP contribution in [0.1, 0.15) is 32.6 Å². The molecule has 1 heterocycles. The summed E-state index contributed by atoms with van der Waals surface area (Å²) in [5, 5.41) is 2.73. The Labute approximate surface area is 134 Å². The van der Waals surface area contributed by atoms with Crippen LogP contribution in [0.3, 0.4) is 0 Å². The molecule has 1 amide bonds. The summed E-state index contributed by atoms with van der Waals surface area (Å²) in [6.07, 6.45) is 4.64. The number of rotatable bonds is 14. The quantitative estimate of drug-likeness (QED) is 0.485. The van der Waals surface area contributed by atoms with Crippen molar-refractivity contribution in [1.82, 2.24) is 10.2 Å². The lowest BCUT2D eigenvalue weighted by Crippen LogP contribution is -2.22. The average molecular weight is 316 g/mol. The third-order valence-corrected chi connectivity index (χ3v) is 3.55. The molecule has 6 nitrogen and oxygen atoms in total. The van der Waals surface area contributed by atoms with Gasteiger partial charge in [-0.3, -0.25) is 4.79 Å². The van der Waals surface area contributed by atoms with Gasteiger partial charge in [0, 0.05) is 33.2 Å². The van der Waals surface area contributed by atoms with Gasteiger partial charge in [0.15, 0.2) is 0 Å². The standard InChI is InChI=1S/C16H32N2O4/c1-16(19)17-6-4-10-20-12-14-22-15-13-21-11-5-9-18-7-2-3-8-18/h2-15H2,1H3,(H,17,19). The van der Waals surface area contributed by atoms with E-state index in [2.05, 4.69) is 10.2 Å². The predicted octanol–water partition coefficient (Wildman–Crippen LogP) is 1.05. The Morgan fingerprint density at radius 1 is 0.909 bits per heavy atom. The first-order valence-corrected chi connectivity index (χ1v) is 8.49. The fourth-order valence-electron chi connectivity index (χ4n) is 2.38. The van der Waals surface area contributed by atoms with E-state index in [1.807, 2.05) is 0 Å². The summed E-state index contributed by atoms with van der Waals surface area (Å²) in [7, 11) is 0. The molecular formula is C16H32N2O4. The van der Waals surface area contributed by atoms with Crippen LogP contribution in [-0.2, 0) is 19.0 Å². The van der Waals surface area contributed by atoms with E-state index >= 15 is 0 Å². The van der Waals surface area contributed by atoms with Crippen molar-refractivity contribution in [3.63, 3.8) is 0 Å². The summed E-state index contributed by atoms with van der Waals surface area (Å²) >= 11 is 0. The lowest BCUT2D eigenvalue weighted by atomic mass is 10.4. The molecule has 1 fully saturated rings. The van der Waals surface area contributed by atoms with Crippen LogP contribution < -0.4 is 5.32 Å². The molecule has 0 aromatic heterocycles. The first-order valence-electron chi connectivity index (χ1n) is 8.49. The van der Waals surface area contributed by atoms with Crippen molar-refractivity contribution in [3.05, 3.63) is 0 Å². The van der Waals surface area contributed by atoms with Crippen molar-refractivity contribution in [2.45, 2.75) is 32.6 Å². The molecule has 0 radical (unpaired) electrons. The number of amides is 1. The highest BCUT2D eigenvalue weighted by molar-refractivity contribution is 5.72. The van der Waals surface area contributed by atoms with Gasteiger partial charge in [-0.25, -0.2) is 0 Å². The van der Waals surface area contributed by atoms with Gasteiger partial charge in [0.25, 0.3) is 0 Å². The molecule has 1 aliphatic heterocycles. The lowest BCUT2D eigenvalue weighted by Gasteiger charge is -2.14. The number of carbonyl (C=O) groups excluding carboxylic acids is 1. The zero-order valence-electron chi connectivity index (χ0n) is 14.0. The Hall–Kier alpha value is -0.690. The molecule has 0 aromatic carbocycles. The molecule has 1 N–H and O–H groups in total. The fourth-order valence-corrected chi connectivity index (χ4v) is 2.38. The second kappa shape index (κ2) is 13.9. The molecule has 0 aromatic rings. The van der Waals surface area contributed by atoms with Crippen LogP contribution in [0.4, 0.5) is 0 Å². The molecule has 0 unspecified atom stereocenters. The van der Waals surface area contributed by atoms with Crippen LogP contribution in [-0.4, -0.2) is 76.6 Å². The molecule has 0 aliphatic carbocycles. The van der Waals surface area contributed by atoms with Crippen LogP contribution in [0.25, 0.3) is 0 Å². The van der Waals surface area contributed by atoms with Crippen molar-refractivity contribution in [2.24, 2.45) is 0 Å². The van der Waals surface area contributed by atoms with Crippen LogP contribution in [0.5, 0.6) is 0 Å². The van der Waals surface area contributed by atoms with Gasteiger partial charge in [0.1, 0.15) is 0 Å². The van der Waals surface area contributed by atoms with Gasteiger partial charge in [0.2, 0.25) is 5.91 Å². The number of ether oxygens (including phenoxy) is 3. The normalized spacial score (nSPS) is 15.3. The minimum absolute atomic E-state index is 0.00348. The number of hydrogen-bond donors (Lipinski definition) is 1. The van der Waals surface area contributed by atoms with E-state index in [9.17, 15) is 4.79 Å². The molecule has 0 atom stereocenters. The molecule has 6 heteroatoms. The molecule has 1 saturated heterocycles. The van der Waals surface area contributed by atoms with Crippen molar-refractivity contribution < 1.29 is 19.0 Å². The minimum Gasteiger partial charge on any atom is -0.379 e. The largest absolute Gasteiger partial charge is 0.379 e. The Morgan fingerprint density at radius 2 is 1.45 bits per heavy atom. The number of nitrogens with zero attached hydrogens (tertiary/aromatic N) is 1. The molecule has 22 heavy (non-hydrogen) atoms. The highest BCUT2D eigenvalue weighted by Crippen LogP contribution is 2.07. The lowest BCUT2D eigenvalue weighted by molar-refractivity contribution is -0.119. The van der Waals surface area contributed by atoms with E-state index in [0.717, 1.165) is 26.0 Å². The van der Waals surface area contributed by atoms with Gasteiger partial charge in [-0.15, -0.1) is 0 Å². The summed E-state index contributed by atoms with van der Waals surface area (Å²) in [6.45, 7) is 9.80. The molecule has 0 spiro atoms. The zero-order valence-corrected chi connectivity index (χ0v) is 14.0. The van der Waals surface area contributed by atoms with Gasteiger partial charge < -0.3 is 24.4 Å². The number of nitrogens with one attached hydrogen (secondary N) is 1. The summed E-state index contributed by atoms with van der Waals surface area (Å²) in [5.41, 5.74) is 0. The van der Waals surface area contributed by atoms with E-state index in [1.165, 1.54) is 32.9 Å². The second-order valence-corrected chi connectivity index (χ2v) is 5.58. The van der Waals surface area contributed by atoms with Crippen molar-refractivity contribution >= 4 is 5.91 Å². The summed E-state index contributed by atoms with van der Waals surface area (Å²) < 4.78 is 16.4. The maximum absolute atomic E-state index is 10.6. The summed E-state index contributed by atoms with van der Waals surface area (Å²) in [6, 6.07) is 0. The smallest absolute Gasteiger partial charge is 0.216 e. The maximum Gasteiger partial charge on any atom is 0.216 e. The highest BCUT2D eigenvalue weighted by atomic mass is 16.5. The van der Waals surface area contributed by atoms with E-state index in [4.69, 9.17) is 14.2 Å². The molecule has 1 rings (SSSR count). The van der Waals surface area contributed by atoms with E-state index in [1.54, 1.807) is 0 Å². The van der Waals surface area contributed by atoms with Crippen molar-refractivity contribution in [3.8, 4) is 0 Å². The molecule has 0 bridgehead atoms. The first-order chi connectivity index (χ1) is 10.8. The Balaban J connectivity index is 1.67.